The third-order valence-electron chi connectivity index (χ3n) is 3.36. The van der Waals surface area contributed by atoms with E-state index in [2.05, 4.69) is 10.1 Å². The molecule has 0 amide bonds. The molecule has 1 aromatic carbocycles. The molecule has 6 heteroatoms. The van der Waals surface area contributed by atoms with Gasteiger partial charge in [0, 0.05) is 15.6 Å². The molecule has 2 unspecified atom stereocenters. The number of hydrogen-bond donors (Lipinski definition) is 1. The summed E-state index contributed by atoms with van der Waals surface area (Å²) in [5, 5.41) is 14.8. The first-order chi connectivity index (χ1) is 9.13. The minimum Gasteiger partial charge on any atom is -0.392 e. The molecule has 0 radical (unpaired) electrons. The minimum atomic E-state index is -0.392. The molecule has 0 spiro atoms. The standard InChI is InChI=1S/C13H12Cl2N2O2/c14-8-4-7(5-9(15)6-8)12-16-13(19-17-12)10-2-1-3-11(10)18/h4-6,10-11,18H,1-3H2. The Bertz CT molecular complexity index is 580. The Morgan fingerprint density at radius 1 is 1.16 bits per heavy atom. The monoisotopic (exact) mass is 298 g/mol. The van der Waals surface area contributed by atoms with E-state index in [0.29, 0.717) is 27.3 Å². The van der Waals surface area contributed by atoms with Crippen LogP contribution in [0.5, 0.6) is 0 Å². The first-order valence-corrected chi connectivity index (χ1v) is 6.87. The van der Waals surface area contributed by atoms with Crippen LogP contribution in [0.4, 0.5) is 0 Å². The number of hydrogen-bond acceptors (Lipinski definition) is 4. The van der Waals surface area contributed by atoms with Crippen LogP contribution < -0.4 is 0 Å². The molecular weight excluding hydrogens is 287 g/mol. The summed E-state index contributed by atoms with van der Waals surface area (Å²) in [4.78, 5) is 4.34. The first kappa shape index (κ1) is 12.9. The lowest BCUT2D eigenvalue weighted by Crippen LogP contribution is -2.11. The van der Waals surface area contributed by atoms with Crippen LogP contribution in [0, 0.1) is 0 Å². The third kappa shape index (κ3) is 2.61. The van der Waals surface area contributed by atoms with Crippen LogP contribution in [-0.4, -0.2) is 21.4 Å². The molecule has 2 aromatic rings. The highest BCUT2D eigenvalue weighted by Gasteiger charge is 2.31. The van der Waals surface area contributed by atoms with Gasteiger partial charge in [-0.05, 0) is 37.5 Å². The summed E-state index contributed by atoms with van der Waals surface area (Å²) in [6, 6.07) is 5.11. The fourth-order valence-electron chi connectivity index (χ4n) is 2.41. The van der Waals surface area contributed by atoms with Crippen molar-refractivity contribution < 1.29 is 9.63 Å². The van der Waals surface area contributed by atoms with Crippen molar-refractivity contribution in [3.05, 3.63) is 34.1 Å². The van der Waals surface area contributed by atoms with E-state index in [-0.39, 0.29) is 5.92 Å². The lowest BCUT2D eigenvalue weighted by Gasteiger charge is -2.07. The maximum atomic E-state index is 9.84. The van der Waals surface area contributed by atoms with Crippen molar-refractivity contribution in [1.29, 1.82) is 0 Å². The van der Waals surface area contributed by atoms with Crippen molar-refractivity contribution in [1.82, 2.24) is 10.1 Å². The average molecular weight is 299 g/mol. The molecule has 19 heavy (non-hydrogen) atoms. The number of nitrogens with zero attached hydrogens (tertiary/aromatic N) is 2. The van der Waals surface area contributed by atoms with Crippen molar-refractivity contribution in [2.75, 3.05) is 0 Å². The molecule has 0 saturated heterocycles. The zero-order valence-electron chi connectivity index (χ0n) is 10.0. The number of benzene rings is 1. The zero-order valence-corrected chi connectivity index (χ0v) is 11.5. The molecule has 1 aliphatic rings. The number of aliphatic hydroxyl groups is 1. The van der Waals surface area contributed by atoms with Gasteiger partial charge in [0.1, 0.15) is 0 Å². The van der Waals surface area contributed by atoms with Gasteiger partial charge in [0.2, 0.25) is 11.7 Å². The van der Waals surface area contributed by atoms with Crippen LogP contribution in [0.25, 0.3) is 11.4 Å². The summed E-state index contributed by atoms with van der Waals surface area (Å²) < 4.78 is 5.25. The maximum Gasteiger partial charge on any atom is 0.232 e. The highest BCUT2D eigenvalue weighted by atomic mass is 35.5. The Morgan fingerprint density at radius 2 is 1.89 bits per heavy atom. The fourth-order valence-corrected chi connectivity index (χ4v) is 2.94. The van der Waals surface area contributed by atoms with Crippen LogP contribution in [0.2, 0.25) is 10.0 Å². The van der Waals surface area contributed by atoms with Gasteiger partial charge in [0.15, 0.2) is 0 Å². The van der Waals surface area contributed by atoms with Crippen LogP contribution in [0.15, 0.2) is 22.7 Å². The summed E-state index contributed by atoms with van der Waals surface area (Å²) in [5.41, 5.74) is 0.708. The van der Waals surface area contributed by atoms with Crippen LogP contribution in [0.3, 0.4) is 0 Å². The van der Waals surface area contributed by atoms with Crippen molar-refractivity contribution >= 4 is 23.2 Å². The first-order valence-electron chi connectivity index (χ1n) is 6.11. The molecule has 4 nitrogen and oxygen atoms in total. The second-order valence-electron chi connectivity index (χ2n) is 4.72. The Labute approximate surface area is 120 Å². The van der Waals surface area contributed by atoms with Gasteiger partial charge in [-0.25, -0.2) is 0 Å². The Kier molecular flexibility index (Phi) is 3.48. The normalized spacial score (nSPS) is 22.9. The van der Waals surface area contributed by atoms with Gasteiger partial charge in [-0.2, -0.15) is 4.98 Å². The van der Waals surface area contributed by atoms with Gasteiger partial charge >= 0.3 is 0 Å². The predicted molar refractivity (Wildman–Crippen MR) is 72.4 cm³/mol. The molecular formula is C13H12Cl2N2O2. The van der Waals surface area contributed by atoms with Gasteiger partial charge < -0.3 is 9.63 Å². The molecule has 1 saturated carbocycles. The number of halogens is 2. The molecule has 100 valence electrons. The van der Waals surface area contributed by atoms with E-state index < -0.39 is 6.10 Å². The van der Waals surface area contributed by atoms with E-state index in [9.17, 15) is 5.11 Å². The van der Waals surface area contributed by atoms with E-state index in [1.54, 1.807) is 18.2 Å². The lowest BCUT2D eigenvalue weighted by molar-refractivity contribution is 0.148. The quantitative estimate of drug-likeness (QED) is 0.919. The van der Waals surface area contributed by atoms with Crippen molar-refractivity contribution in [3.63, 3.8) is 0 Å². The number of aromatic nitrogens is 2. The Balaban J connectivity index is 1.92. The van der Waals surface area contributed by atoms with Gasteiger partial charge in [-0.15, -0.1) is 0 Å². The molecule has 1 N–H and O–H groups in total. The van der Waals surface area contributed by atoms with Gasteiger partial charge in [-0.3, -0.25) is 0 Å². The summed E-state index contributed by atoms with van der Waals surface area (Å²) in [7, 11) is 0. The Hall–Kier alpha value is -1.10. The minimum absolute atomic E-state index is 0.0593. The number of rotatable bonds is 2. The van der Waals surface area contributed by atoms with Gasteiger partial charge in [0.25, 0.3) is 0 Å². The van der Waals surface area contributed by atoms with E-state index in [4.69, 9.17) is 27.7 Å². The predicted octanol–water partition coefficient (Wildman–Crippen LogP) is 3.67. The van der Waals surface area contributed by atoms with Crippen LogP contribution >= 0.6 is 23.2 Å². The molecule has 3 rings (SSSR count). The molecule has 1 heterocycles. The van der Waals surface area contributed by atoms with Crippen LogP contribution in [-0.2, 0) is 0 Å². The van der Waals surface area contributed by atoms with E-state index >= 15 is 0 Å². The van der Waals surface area contributed by atoms with Gasteiger partial charge in [-0.1, -0.05) is 28.4 Å². The van der Waals surface area contributed by atoms with Crippen LogP contribution in [0.1, 0.15) is 31.1 Å². The van der Waals surface area contributed by atoms with E-state index in [0.717, 1.165) is 19.3 Å². The lowest BCUT2D eigenvalue weighted by atomic mass is 10.1. The maximum absolute atomic E-state index is 9.84. The third-order valence-corrected chi connectivity index (χ3v) is 3.80. The zero-order chi connectivity index (χ0) is 13.4. The summed E-state index contributed by atoms with van der Waals surface area (Å²) in [6.45, 7) is 0. The summed E-state index contributed by atoms with van der Waals surface area (Å²) in [5.74, 6) is 0.866. The average Bonchev–Trinajstić information content (AvgIpc) is 2.95. The smallest absolute Gasteiger partial charge is 0.232 e. The molecule has 0 aliphatic heterocycles. The van der Waals surface area contributed by atoms with E-state index in [1.165, 1.54) is 0 Å². The molecule has 0 bridgehead atoms. The fraction of sp³-hybridized carbons (Fsp3) is 0.385. The summed E-state index contributed by atoms with van der Waals surface area (Å²) in [6.07, 6.45) is 2.24. The molecule has 1 aromatic heterocycles. The van der Waals surface area contributed by atoms with Crippen molar-refractivity contribution in [3.8, 4) is 11.4 Å². The second-order valence-corrected chi connectivity index (χ2v) is 5.59. The van der Waals surface area contributed by atoms with Crippen molar-refractivity contribution in [2.24, 2.45) is 0 Å². The molecule has 2 atom stereocenters. The highest BCUT2D eigenvalue weighted by Crippen LogP contribution is 2.34. The topological polar surface area (TPSA) is 59.2 Å². The largest absolute Gasteiger partial charge is 0.392 e. The molecule has 1 aliphatic carbocycles. The second kappa shape index (κ2) is 5.12. The van der Waals surface area contributed by atoms with Crippen molar-refractivity contribution in [2.45, 2.75) is 31.3 Å². The molecule has 1 fully saturated rings. The summed E-state index contributed by atoms with van der Waals surface area (Å²) >= 11 is 11.9. The van der Waals surface area contributed by atoms with Gasteiger partial charge in [0.05, 0.1) is 12.0 Å². The highest BCUT2D eigenvalue weighted by molar-refractivity contribution is 6.35. The SMILES string of the molecule is OC1CCCC1c1nc(-c2cc(Cl)cc(Cl)c2)no1. The van der Waals surface area contributed by atoms with E-state index in [1.807, 2.05) is 0 Å². The number of aliphatic hydroxyl groups excluding tert-OH is 1. The Morgan fingerprint density at radius 3 is 2.53 bits per heavy atom.